The Bertz CT molecular complexity index is 409. The van der Waals surface area contributed by atoms with Crippen LogP contribution in [-0.4, -0.2) is 23.5 Å². The molecule has 0 saturated heterocycles. The van der Waals surface area contributed by atoms with Gasteiger partial charge in [0.25, 0.3) is 0 Å². The van der Waals surface area contributed by atoms with Gasteiger partial charge in [-0.05, 0) is 37.6 Å². The van der Waals surface area contributed by atoms with Gasteiger partial charge in [-0.3, -0.25) is 4.79 Å². The van der Waals surface area contributed by atoms with Crippen molar-refractivity contribution in [3.05, 3.63) is 34.9 Å². The van der Waals surface area contributed by atoms with Gasteiger partial charge in [-0.25, -0.2) is 4.79 Å². The molecule has 1 aromatic rings. The molecule has 16 heavy (non-hydrogen) atoms. The molecule has 0 aliphatic heterocycles. The molecule has 0 heterocycles. The molecule has 86 valence electrons. The van der Waals surface area contributed by atoms with E-state index in [0.717, 1.165) is 0 Å². The number of aliphatic hydroxyl groups is 1. The smallest absolute Gasteiger partial charge is 0.338 e. The highest BCUT2D eigenvalue weighted by Gasteiger charge is 2.11. The molecule has 0 saturated carbocycles. The SMILES string of the molecule is CCOC(=O)c1cc(CO)cc(C(C)=O)c1. The lowest BCUT2D eigenvalue weighted by Gasteiger charge is -2.06. The number of rotatable bonds is 4. The van der Waals surface area contributed by atoms with Crippen LogP contribution in [0.25, 0.3) is 0 Å². The van der Waals surface area contributed by atoms with Crippen molar-refractivity contribution in [3.8, 4) is 0 Å². The van der Waals surface area contributed by atoms with Crippen molar-refractivity contribution in [3.63, 3.8) is 0 Å². The number of hydrogen-bond acceptors (Lipinski definition) is 4. The summed E-state index contributed by atoms with van der Waals surface area (Å²) in [5.74, 6) is -0.638. The zero-order valence-corrected chi connectivity index (χ0v) is 9.32. The minimum atomic E-state index is -0.486. The molecular weight excluding hydrogens is 208 g/mol. The van der Waals surface area contributed by atoms with Crippen LogP contribution in [0.15, 0.2) is 18.2 Å². The number of ketones is 1. The van der Waals surface area contributed by atoms with Crippen molar-refractivity contribution < 1.29 is 19.4 Å². The molecule has 0 fully saturated rings. The molecular formula is C12H14O4. The number of carbonyl (C=O) groups excluding carboxylic acids is 2. The van der Waals surface area contributed by atoms with Crippen LogP contribution in [0, 0.1) is 0 Å². The highest BCUT2D eigenvalue weighted by molar-refractivity contribution is 5.98. The van der Waals surface area contributed by atoms with Crippen molar-refractivity contribution in [2.45, 2.75) is 20.5 Å². The first kappa shape index (κ1) is 12.4. The van der Waals surface area contributed by atoms with Crippen LogP contribution in [0.1, 0.15) is 40.1 Å². The third-order valence-electron chi connectivity index (χ3n) is 2.09. The van der Waals surface area contributed by atoms with E-state index in [1.165, 1.54) is 19.1 Å². The average Bonchev–Trinajstić information content (AvgIpc) is 2.28. The number of ether oxygens (including phenoxy) is 1. The maximum Gasteiger partial charge on any atom is 0.338 e. The largest absolute Gasteiger partial charge is 0.462 e. The van der Waals surface area contributed by atoms with Gasteiger partial charge in [0.1, 0.15) is 0 Å². The molecule has 0 aliphatic rings. The summed E-state index contributed by atoms with van der Waals surface area (Å²) in [6, 6.07) is 4.55. The van der Waals surface area contributed by atoms with Gasteiger partial charge in [0, 0.05) is 5.56 Å². The van der Waals surface area contributed by atoms with Gasteiger partial charge in [0.05, 0.1) is 18.8 Å². The minimum Gasteiger partial charge on any atom is -0.462 e. The van der Waals surface area contributed by atoms with E-state index in [2.05, 4.69) is 0 Å². The van der Waals surface area contributed by atoms with Gasteiger partial charge in [-0.15, -0.1) is 0 Å². The molecule has 0 bridgehead atoms. The van der Waals surface area contributed by atoms with Gasteiger partial charge < -0.3 is 9.84 Å². The zero-order chi connectivity index (χ0) is 12.1. The third kappa shape index (κ3) is 2.90. The first-order chi connectivity index (χ1) is 7.58. The average molecular weight is 222 g/mol. The Morgan fingerprint density at radius 3 is 2.38 bits per heavy atom. The molecule has 4 heteroatoms. The van der Waals surface area contributed by atoms with Crippen LogP contribution in [0.3, 0.4) is 0 Å². The monoisotopic (exact) mass is 222 g/mol. The highest BCUT2D eigenvalue weighted by Crippen LogP contribution is 2.12. The second kappa shape index (κ2) is 5.42. The Labute approximate surface area is 93.9 Å². The van der Waals surface area contributed by atoms with Crippen molar-refractivity contribution in [2.75, 3.05) is 6.61 Å². The molecule has 0 aliphatic carbocycles. The van der Waals surface area contributed by atoms with Crippen molar-refractivity contribution in [1.29, 1.82) is 0 Å². The van der Waals surface area contributed by atoms with Gasteiger partial charge in [-0.2, -0.15) is 0 Å². The number of Topliss-reactive ketones (excluding diaryl/α,β-unsaturated/α-hetero) is 1. The van der Waals surface area contributed by atoms with Crippen LogP contribution in [0.2, 0.25) is 0 Å². The van der Waals surface area contributed by atoms with Crippen LogP contribution in [0.4, 0.5) is 0 Å². The Morgan fingerprint density at radius 1 is 1.25 bits per heavy atom. The molecule has 0 spiro atoms. The van der Waals surface area contributed by atoms with Crippen molar-refractivity contribution in [1.82, 2.24) is 0 Å². The van der Waals surface area contributed by atoms with E-state index in [9.17, 15) is 9.59 Å². The quantitative estimate of drug-likeness (QED) is 0.620. The Hall–Kier alpha value is -1.68. The van der Waals surface area contributed by atoms with Gasteiger partial charge in [0.2, 0.25) is 0 Å². The van der Waals surface area contributed by atoms with Crippen LogP contribution in [-0.2, 0) is 11.3 Å². The predicted octanol–water partition coefficient (Wildman–Crippen LogP) is 1.56. The number of carbonyl (C=O) groups is 2. The number of hydrogen-bond donors (Lipinski definition) is 1. The minimum absolute atomic E-state index is 0.152. The second-order valence-corrected chi connectivity index (χ2v) is 3.35. The Balaban J connectivity index is 3.13. The van der Waals surface area contributed by atoms with E-state index in [1.54, 1.807) is 13.0 Å². The predicted molar refractivity (Wildman–Crippen MR) is 58.3 cm³/mol. The van der Waals surface area contributed by atoms with Gasteiger partial charge >= 0.3 is 5.97 Å². The first-order valence-electron chi connectivity index (χ1n) is 5.01. The molecule has 0 unspecified atom stereocenters. The summed E-state index contributed by atoms with van der Waals surface area (Å²) in [6.07, 6.45) is 0. The number of benzene rings is 1. The fourth-order valence-corrected chi connectivity index (χ4v) is 1.32. The fourth-order valence-electron chi connectivity index (χ4n) is 1.32. The highest BCUT2D eigenvalue weighted by atomic mass is 16.5. The summed E-state index contributed by atoms with van der Waals surface area (Å²) < 4.78 is 4.83. The standard InChI is InChI=1S/C12H14O4/c1-3-16-12(15)11-5-9(7-13)4-10(6-11)8(2)14/h4-6,13H,3,7H2,1-2H3. The molecule has 4 nitrogen and oxygen atoms in total. The lowest BCUT2D eigenvalue weighted by molar-refractivity contribution is 0.0526. The van der Waals surface area contributed by atoms with Crippen molar-refractivity contribution in [2.24, 2.45) is 0 Å². The molecule has 0 atom stereocenters. The van der Waals surface area contributed by atoms with E-state index in [4.69, 9.17) is 9.84 Å². The molecule has 0 amide bonds. The summed E-state index contributed by atoms with van der Waals surface area (Å²) in [5, 5.41) is 9.02. The molecule has 0 radical (unpaired) electrons. The zero-order valence-electron chi connectivity index (χ0n) is 9.32. The Kier molecular flexibility index (Phi) is 4.19. The lowest BCUT2D eigenvalue weighted by atomic mass is 10.0. The van der Waals surface area contributed by atoms with E-state index in [-0.39, 0.29) is 19.0 Å². The van der Waals surface area contributed by atoms with Gasteiger partial charge in [-0.1, -0.05) is 0 Å². The normalized spacial score (nSPS) is 9.94. The number of esters is 1. The topological polar surface area (TPSA) is 63.6 Å². The molecule has 1 N–H and O–H groups in total. The van der Waals surface area contributed by atoms with E-state index in [1.807, 2.05) is 0 Å². The van der Waals surface area contributed by atoms with Crippen LogP contribution in [0.5, 0.6) is 0 Å². The maximum absolute atomic E-state index is 11.5. The third-order valence-corrected chi connectivity index (χ3v) is 2.09. The van der Waals surface area contributed by atoms with E-state index >= 15 is 0 Å². The van der Waals surface area contributed by atoms with Crippen LogP contribution < -0.4 is 0 Å². The molecule has 0 aromatic heterocycles. The summed E-state index contributed by atoms with van der Waals surface area (Å²) in [6.45, 7) is 3.18. The van der Waals surface area contributed by atoms with E-state index < -0.39 is 5.97 Å². The Morgan fingerprint density at radius 2 is 1.88 bits per heavy atom. The molecule has 1 aromatic carbocycles. The summed E-state index contributed by atoms with van der Waals surface area (Å²) in [5.41, 5.74) is 1.21. The summed E-state index contributed by atoms with van der Waals surface area (Å²) in [4.78, 5) is 22.7. The fraction of sp³-hybridized carbons (Fsp3) is 0.333. The molecule has 1 rings (SSSR count). The summed E-state index contributed by atoms with van der Waals surface area (Å²) >= 11 is 0. The van der Waals surface area contributed by atoms with E-state index in [0.29, 0.717) is 16.7 Å². The summed E-state index contributed by atoms with van der Waals surface area (Å²) in [7, 11) is 0. The van der Waals surface area contributed by atoms with Gasteiger partial charge in [0.15, 0.2) is 5.78 Å². The second-order valence-electron chi connectivity index (χ2n) is 3.35. The lowest BCUT2D eigenvalue weighted by Crippen LogP contribution is -2.07. The van der Waals surface area contributed by atoms with Crippen LogP contribution >= 0.6 is 0 Å². The first-order valence-corrected chi connectivity index (χ1v) is 5.01. The maximum atomic E-state index is 11.5. The van der Waals surface area contributed by atoms with Crippen molar-refractivity contribution >= 4 is 11.8 Å². The number of aliphatic hydroxyl groups excluding tert-OH is 1.